The van der Waals surface area contributed by atoms with Crippen LogP contribution in [0.5, 0.6) is 0 Å². The molecule has 21 heavy (non-hydrogen) atoms. The van der Waals surface area contributed by atoms with Crippen molar-refractivity contribution in [2.75, 3.05) is 33.2 Å². The van der Waals surface area contributed by atoms with E-state index in [1.165, 1.54) is 42.1 Å². The number of likely N-dealkylation sites (tertiary alicyclic amines) is 1. The van der Waals surface area contributed by atoms with Gasteiger partial charge in [-0.2, -0.15) is 0 Å². The van der Waals surface area contributed by atoms with Crippen LogP contribution in [0.1, 0.15) is 29.0 Å². The number of rotatable bonds is 5. The minimum absolute atomic E-state index is 0. The molecule has 2 N–H and O–H groups in total. The largest absolute Gasteiger partial charge is 0.355 e. The number of thiophene rings is 1. The Labute approximate surface area is 149 Å². The second-order valence-corrected chi connectivity index (χ2v) is 6.64. The summed E-state index contributed by atoms with van der Waals surface area (Å²) >= 11 is 1.83. The van der Waals surface area contributed by atoms with Crippen LogP contribution in [0.3, 0.4) is 0 Å². The number of guanidine groups is 1. The van der Waals surface area contributed by atoms with E-state index in [0.717, 1.165) is 25.6 Å². The molecule has 1 aromatic rings. The van der Waals surface area contributed by atoms with Crippen molar-refractivity contribution in [3.05, 3.63) is 21.9 Å². The van der Waals surface area contributed by atoms with E-state index in [9.17, 15) is 0 Å². The first kappa shape index (κ1) is 18.7. The predicted molar refractivity (Wildman–Crippen MR) is 103 cm³/mol. The van der Waals surface area contributed by atoms with E-state index >= 15 is 0 Å². The van der Waals surface area contributed by atoms with Crippen molar-refractivity contribution in [2.45, 2.75) is 32.7 Å². The Hall–Kier alpha value is -0.340. The molecule has 120 valence electrons. The number of hydrogen-bond donors (Lipinski definition) is 2. The summed E-state index contributed by atoms with van der Waals surface area (Å²) < 4.78 is 0. The minimum Gasteiger partial charge on any atom is -0.355 e. The van der Waals surface area contributed by atoms with Gasteiger partial charge in [0.05, 0.1) is 6.54 Å². The third-order valence-corrected chi connectivity index (χ3v) is 4.62. The summed E-state index contributed by atoms with van der Waals surface area (Å²) in [5, 5.41) is 6.76. The fourth-order valence-electron chi connectivity index (χ4n) is 2.49. The highest BCUT2D eigenvalue weighted by Crippen LogP contribution is 2.14. The zero-order chi connectivity index (χ0) is 14.2. The minimum atomic E-state index is 0. The van der Waals surface area contributed by atoms with Crippen molar-refractivity contribution >= 4 is 41.3 Å². The molecule has 0 radical (unpaired) electrons. The second kappa shape index (κ2) is 10.4. The van der Waals surface area contributed by atoms with Gasteiger partial charge in [-0.1, -0.05) is 6.42 Å². The first-order chi connectivity index (χ1) is 9.78. The van der Waals surface area contributed by atoms with Crippen molar-refractivity contribution in [3.63, 3.8) is 0 Å². The highest BCUT2D eigenvalue weighted by Gasteiger charge is 2.09. The summed E-state index contributed by atoms with van der Waals surface area (Å²) in [6.45, 7) is 7.56. The van der Waals surface area contributed by atoms with Gasteiger partial charge in [0, 0.05) is 29.9 Å². The molecule has 1 aliphatic rings. The highest BCUT2D eigenvalue weighted by molar-refractivity contribution is 14.0. The fourth-order valence-corrected chi connectivity index (χ4v) is 3.32. The lowest BCUT2D eigenvalue weighted by molar-refractivity contribution is 0.232. The summed E-state index contributed by atoms with van der Waals surface area (Å²) in [6.07, 6.45) is 4.10. The van der Waals surface area contributed by atoms with Crippen molar-refractivity contribution in [3.8, 4) is 0 Å². The SMILES string of the molecule is CN=C(NCCN1CCCCC1)NCc1ccc(C)s1.I. The zero-order valence-electron chi connectivity index (χ0n) is 13.0. The van der Waals surface area contributed by atoms with E-state index in [-0.39, 0.29) is 24.0 Å². The molecule has 1 fully saturated rings. The van der Waals surface area contributed by atoms with Gasteiger partial charge in [-0.15, -0.1) is 35.3 Å². The predicted octanol–water partition coefficient (Wildman–Crippen LogP) is 2.83. The van der Waals surface area contributed by atoms with Gasteiger partial charge in [-0.25, -0.2) is 0 Å². The van der Waals surface area contributed by atoms with Crippen LogP contribution in [0.4, 0.5) is 0 Å². The van der Waals surface area contributed by atoms with Gasteiger partial charge in [-0.3, -0.25) is 4.99 Å². The molecular formula is C15H27IN4S. The maximum Gasteiger partial charge on any atom is 0.191 e. The molecule has 1 aromatic heterocycles. The van der Waals surface area contributed by atoms with Crippen LogP contribution < -0.4 is 10.6 Å². The molecule has 0 saturated carbocycles. The first-order valence-corrected chi connectivity index (χ1v) is 8.32. The van der Waals surface area contributed by atoms with E-state index in [1.54, 1.807) is 0 Å². The summed E-state index contributed by atoms with van der Waals surface area (Å²) in [4.78, 5) is 9.51. The molecule has 1 saturated heterocycles. The average molecular weight is 422 g/mol. The van der Waals surface area contributed by atoms with E-state index in [0.29, 0.717) is 0 Å². The maximum atomic E-state index is 4.27. The molecule has 1 aliphatic heterocycles. The van der Waals surface area contributed by atoms with E-state index < -0.39 is 0 Å². The topological polar surface area (TPSA) is 39.7 Å². The third kappa shape index (κ3) is 6.97. The Morgan fingerprint density at radius 3 is 2.62 bits per heavy atom. The summed E-state index contributed by atoms with van der Waals surface area (Å²) in [6, 6.07) is 4.34. The third-order valence-electron chi connectivity index (χ3n) is 3.62. The molecule has 0 amide bonds. The van der Waals surface area contributed by atoms with Gasteiger partial charge in [0.2, 0.25) is 0 Å². The lowest BCUT2D eigenvalue weighted by atomic mass is 10.1. The highest BCUT2D eigenvalue weighted by atomic mass is 127. The molecule has 4 nitrogen and oxygen atoms in total. The Bertz CT molecular complexity index is 427. The van der Waals surface area contributed by atoms with E-state index in [4.69, 9.17) is 0 Å². The Morgan fingerprint density at radius 2 is 2.00 bits per heavy atom. The molecule has 0 unspecified atom stereocenters. The molecule has 6 heteroatoms. The Morgan fingerprint density at radius 1 is 1.24 bits per heavy atom. The summed E-state index contributed by atoms with van der Waals surface area (Å²) in [5.41, 5.74) is 0. The molecule has 2 heterocycles. The van der Waals surface area contributed by atoms with Crippen molar-refractivity contribution in [1.29, 1.82) is 0 Å². The number of piperidine rings is 1. The van der Waals surface area contributed by atoms with Crippen LogP contribution in [0.15, 0.2) is 17.1 Å². The quantitative estimate of drug-likeness (QED) is 0.436. The van der Waals surface area contributed by atoms with Gasteiger partial charge in [0.25, 0.3) is 0 Å². The zero-order valence-corrected chi connectivity index (χ0v) is 16.2. The lowest BCUT2D eigenvalue weighted by Crippen LogP contribution is -2.42. The van der Waals surface area contributed by atoms with Crippen molar-refractivity contribution in [1.82, 2.24) is 15.5 Å². The van der Waals surface area contributed by atoms with Crippen molar-refractivity contribution < 1.29 is 0 Å². The van der Waals surface area contributed by atoms with Gasteiger partial charge >= 0.3 is 0 Å². The van der Waals surface area contributed by atoms with Gasteiger partial charge < -0.3 is 15.5 Å². The molecule has 0 spiro atoms. The molecule has 0 bridgehead atoms. The average Bonchev–Trinajstić information content (AvgIpc) is 2.89. The van der Waals surface area contributed by atoms with Crippen LogP contribution in [0, 0.1) is 6.92 Å². The molecule has 0 aromatic carbocycles. The normalized spacial score (nSPS) is 16.4. The van der Waals surface area contributed by atoms with Crippen LogP contribution >= 0.6 is 35.3 Å². The van der Waals surface area contributed by atoms with E-state index in [1.807, 2.05) is 18.4 Å². The van der Waals surface area contributed by atoms with Crippen LogP contribution in [-0.2, 0) is 6.54 Å². The van der Waals surface area contributed by atoms with Crippen molar-refractivity contribution in [2.24, 2.45) is 4.99 Å². The number of nitrogens with zero attached hydrogens (tertiary/aromatic N) is 2. The van der Waals surface area contributed by atoms with Gasteiger partial charge in [-0.05, 0) is 45.0 Å². The Kier molecular flexibility index (Phi) is 9.26. The van der Waals surface area contributed by atoms with E-state index in [2.05, 4.69) is 39.6 Å². The first-order valence-electron chi connectivity index (χ1n) is 7.50. The van der Waals surface area contributed by atoms with Gasteiger partial charge in [0.15, 0.2) is 5.96 Å². The number of nitrogens with one attached hydrogen (secondary N) is 2. The number of hydrogen-bond acceptors (Lipinski definition) is 3. The van der Waals surface area contributed by atoms with Gasteiger partial charge in [0.1, 0.15) is 0 Å². The number of halogens is 1. The van der Waals surface area contributed by atoms with Crippen LogP contribution in [0.2, 0.25) is 0 Å². The smallest absolute Gasteiger partial charge is 0.191 e. The Balaban J connectivity index is 0.00000220. The molecule has 2 rings (SSSR count). The lowest BCUT2D eigenvalue weighted by Gasteiger charge is -2.26. The number of aliphatic imine (C=N–C) groups is 1. The van der Waals surface area contributed by atoms with Crippen LogP contribution in [0.25, 0.3) is 0 Å². The molecular weight excluding hydrogens is 395 g/mol. The standard InChI is InChI=1S/C15H26N4S.HI/c1-13-6-7-14(20-13)12-18-15(16-2)17-8-11-19-9-4-3-5-10-19;/h6-7H,3-5,8-12H2,1-2H3,(H2,16,17,18);1H. The fraction of sp³-hybridized carbons (Fsp3) is 0.667. The maximum absolute atomic E-state index is 4.27. The number of aryl methyl sites for hydroxylation is 1. The second-order valence-electron chi connectivity index (χ2n) is 5.27. The van der Waals surface area contributed by atoms with Crippen LogP contribution in [-0.4, -0.2) is 44.1 Å². The summed E-state index contributed by atoms with van der Waals surface area (Å²) in [7, 11) is 1.83. The summed E-state index contributed by atoms with van der Waals surface area (Å²) in [5.74, 6) is 0.896. The molecule has 0 aliphatic carbocycles. The molecule has 0 atom stereocenters. The monoisotopic (exact) mass is 422 g/mol.